The van der Waals surface area contributed by atoms with Gasteiger partial charge in [0, 0.05) is 11.3 Å². The Morgan fingerprint density at radius 2 is 1.83 bits per heavy atom. The van der Waals surface area contributed by atoms with Gasteiger partial charge in [-0.3, -0.25) is 0 Å². The summed E-state index contributed by atoms with van der Waals surface area (Å²) in [6.45, 7) is 0. The lowest BCUT2D eigenvalue weighted by Crippen LogP contribution is -1.93. The van der Waals surface area contributed by atoms with Crippen LogP contribution in [0.2, 0.25) is 0 Å². The van der Waals surface area contributed by atoms with Crippen molar-refractivity contribution >= 4 is 17.2 Å². The van der Waals surface area contributed by atoms with Gasteiger partial charge in [0.05, 0.1) is 19.0 Å². The third-order valence-electron chi connectivity index (χ3n) is 3.73. The molecule has 0 unspecified atom stereocenters. The van der Waals surface area contributed by atoms with Crippen LogP contribution in [0.4, 0.5) is 11.5 Å². The molecule has 0 atom stereocenters. The molecule has 0 spiro atoms. The molecule has 0 amide bonds. The van der Waals surface area contributed by atoms with Gasteiger partial charge >= 0.3 is 0 Å². The fourth-order valence-corrected chi connectivity index (χ4v) is 2.55. The van der Waals surface area contributed by atoms with Crippen LogP contribution in [-0.2, 0) is 0 Å². The van der Waals surface area contributed by atoms with Gasteiger partial charge < -0.3 is 10.1 Å². The van der Waals surface area contributed by atoms with Crippen molar-refractivity contribution < 1.29 is 4.74 Å². The first-order chi connectivity index (χ1) is 11.8. The summed E-state index contributed by atoms with van der Waals surface area (Å²) in [5, 5.41) is 7.92. The summed E-state index contributed by atoms with van der Waals surface area (Å²) in [7, 11) is 1.66. The Morgan fingerprint density at radius 1 is 0.958 bits per heavy atom. The number of aromatic nitrogens is 3. The maximum atomic E-state index is 5.28. The van der Waals surface area contributed by atoms with Gasteiger partial charge in [-0.2, -0.15) is 5.10 Å². The number of hydrogen-bond acceptors (Lipinski definition) is 4. The van der Waals surface area contributed by atoms with Crippen LogP contribution >= 0.6 is 0 Å². The summed E-state index contributed by atoms with van der Waals surface area (Å²) in [6, 6.07) is 21.7. The molecule has 0 saturated heterocycles. The van der Waals surface area contributed by atoms with E-state index in [0.29, 0.717) is 0 Å². The highest BCUT2D eigenvalue weighted by molar-refractivity contribution is 5.64. The average molecular weight is 316 g/mol. The van der Waals surface area contributed by atoms with Crippen molar-refractivity contribution in [3.63, 3.8) is 0 Å². The summed E-state index contributed by atoms with van der Waals surface area (Å²) in [4.78, 5) is 4.54. The van der Waals surface area contributed by atoms with Gasteiger partial charge in [0.1, 0.15) is 5.75 Å². The second kappa shape index (κ2) is 6.04. The van der Waals surface area contributed by atoms with E-state index in [1.165, 1.54) is 0 Å². The molecule has 0 radical (unpaired) electrons. The van der Waals surface area contributed by atoms with E-state index in [1.807, 2.05) is 72.9 Å². The second-order valence-corrected chi connectivity index (χ2v) is 5.37. The SMILES string of the molecule is COc1cccc(-c2ccc3nc(Nc4ccccc4)cn3n2)c1. The number of para-hydroxylation sites is 1. The van der Waals surface area contributed by atoms with Crippen LogP contribution < -0.4 is 10.1 Å². The summed E-state index contributed by atoms with van der Waals surface area (Å²) in [6.07, 6.45) is 1.88. The molecule has 24 heavy (non-hydrogen) atoms. The number of methoxy groups -OCH3 is 1. The molecule has 0 fully saturated rings. The molecule has 0 aliphatic heterocycles. The monoisotopic (exact) mass is 316 g/mol. The summed E-state index contributed by atoms with van der Waals surface area (Å²) >= 11 is 0. The minimum absolute atomic E-state index is 0.761. The smallest absolute Gasteiger partial charge is 0.156 e. The number of fused-ring (bicyclic) bond motifs is 1. The van der Waals surface area contributed by atoms with Crippen molar-refractivity contribution in [3.05, 3.63) is 72.9 Å². The molecule has 2 heterocycles. The fourth-order valence-electron chi connectivity index (χ4n) is 2.55. The van der Waals surface area contributed by atoms with Gasteiger partial charge in [-0.15, -0.1) is 0 Å². The standard InChI is InChI=1S/C19H16N4O/c1-24-16-9-5-6-14(12-16)17-10-11-19-21-18(13-23(19)22-17)20-15-7-3-2-4-8-15/h2-13,20H,1H3. The second-order valence-electron chi connectivity index (χ2n) is 5.37. The Hall–Kier alpha value is -3.34. The lowest BCUT2D eigenvalue weighted by Gasteiger charge is -2.04. The summed E-state index contributed by atoms with van der Waals surface area (Å²) in [5.74, 6) is 1.57. The Kier molecular flexibility index (Phi) is 3.59. The number of nitrogens with one attached hydrogen (secondary N) is 1. The first kappa shape index (κ1) is 14.3. The van der Waals surface area contributed by atoms with E-state index in [0.717, 1.165) is 34.2 Å². The Labute approximate surface area is 139 Å². The molecule has 118 valence electrons. The summed E-state index contributed by atoms with van der Waals surface area (Å²) in [5.41, 5.74) is 3.65. The van der Waals surface area contributed by atoms with E-state index in [1.54, 1.807) is 11.6 Å². The third kappa shape index (κ3) is 2.79. The van der Waals surface area contributed by atoms with E-state index < -0.39 is 0 Å². The molecule has 5 nitrogen and oxygen atoms in total. The van der Waals surface area contributed by atoms with Gasteiger partial charge in [-0.25, -0.2) is 9.50 Å². The lowest BCUT2D eigenvalue weighted by molar-refractivity contribution is 0.415. The number of rotatable bonds is 4. The maximum absolute atomic E-state index is 5.28. The third-order valence-corrected chi connectivity index (χ3v) is 3.73. The quantitative estimate of drug-likeness (QED) is 0.614. The molecule has 0 aliphatic carbocycles. The number of anilines is 2. The van der Waals surface area contributed by atoms with E-state index >= 15 is 0 Å². The van der Waals surface area contributed by atoms with Crippen molar-refractivity contribution in [2.24, 2.45) is 0 Å². The number of nitrogens with zero attached hydrogens (tertiary/aromatic N) is 3. The zero-order chi connectivity index (χ0) is 16.4. The predicted molar refractivity (Wildman–Crippen MR) is 94.7 cm³/mol. The van der Waals surface area contributed by atoms with Gasteiger partial charge in [-0.05, 0) is 36.4 Å². The molecule has 5 heteroatoms. The molecule has 4 rings (SSSR count). The van der Waals surface area contributed by atoms with Gasteiger partial charge in [0.2, 0.25) is 0 Å². The molecule has 2 aromatic carbocycles. The first-order valence-corrected chi connectivity index (χ1v) is 7.65. The van der Waals surface area contributed by atoms with E-state index in [4.69, 9.17) is 4.74 Å². The van der Waals surface area contributed by atoms with Crippen molar-refractivity contribution in [2.45, 2.75) is 0 Å². The molecular formula is C19H16N4O. The summed E-state index contributed by atoms with van der Waals surface area (Å²) < 4.78 is 7.06. The van der Waals surface area contributed by atoms with Crippen molar-refractivity contribution in [1.82, 2.24) is 14.6 Å². The van der Waals surface area contributed by atoms with Crippen LogP contribution in [0.5, 0.6) is 5.75 Å². The average Bonchev–Trinajstić information content (AvgIpc) is 3.04. The van der Waals surface area contributed by atoms with Crippen molar-refractivity contribution in [1.29, 1.82) is 0 Å². The maximum Gasteiger partial charge on any atom is 0.156 e. The molecular weight excluding hydrogens is 300 g/mol. The fraction of sp³-hybridized carbons (Fsp3) is 0.0526. The highest BCUT2D eigenvalue weighted by Crippen LogP contribution is 2.23. The van der Waals surface area contributed by atoms with Gasteiger partial charge in [0.25, 0.3) is 0 Å². The topological polar surface area (TPSA) is 51.5 Å². The Balaban J connectivity index is 1.68. The van der Waals surface area contributed by atoms with E-state index in [-0.39, 0.29) is 0 Å². The van der Waals surface area contributed by atoms with Crippen LogP contribution in [0.1, 0.15) is 0 Å². The van der Waals surface area contributed by atoms with E-state index in [9.17, 15) is 0 Å². The molecule has 0 bridgehead atoms. The lowest BCUT2D eigenvalue weighted by atomic mass is 10.1. The highest BCUT2D eigenvalue weighted by Gasteiger charge is 2.06. The Morgan fingerprint density at radius 3 is 2.67 bits per heavy atom. The van der Waals surface area contributed by atoms with Gasteiger partial charge in [0.15, 0.2) is 11.5 Å². The van der Waals surface area contributed by atoms with Crippen LogP contribution in [-0.4, -0.2) is 21.7 Å². The minimum atomic E-state index is 0.761. The highest BCUT2D eigenvalue weighted by atomic mass is 16.5. The van der Waals surface area contributed by atoms with Crippen LogP contribution in [0.15, 0.2) is 72.9 Å². The number of ether oxygens (including phenoxy) is 1. The van der Waals surface area contributed by atoms with E-state index in [2.05, 4.69) is 15.4 Å². The largest absolute Gasteiger partial charge is 0.497 e. The van der Waals surface area contributed by atoms with Crippen LogP contribution in [0, 0.1) is 0 Å². The van der Waals surface area contributed by atoms with Crippen LogP contribution in [0.25, 0.3) is 16.9 Å². The number of hydrogen-bond donors (Lipinski definition) is 1. The molecule has 2 aromatic heterocycles. The Bertz CT molecular complexity index is 979. The molecule has 0 aliphatic rings. The van der Waals surface area contributed by atoms with Crippen LogP contribution in [0.3, 0.4) is 0 Å². The molecule has 4 aromatic rings. The molecule has 0 saturated carbocycles. The van der Waals surface area contributed by atoms with Gasteiger partial charge in [-0.1, -0.05) is 30.3 Å². The molecule has 1 N–H and O–H groups in total. The minimum Gasteiger partial charge on any atom is -0.497 e. The van der Waals surface area contributed by atoms with Crippen molar-refractivity contribution in [3.8, 4) is 17.0 Å². The normalized spacial score (nSPS) is 10.7. The zero-order valence-corrected chi connectivity index (χ0v) is 13.2. The predicted octanol–water partition coefficient (Wildman–Crippen LogP) is 4.15. The number of benzene rings is 2. The first-order valence-electron chi connectivity index (χ1n) is 7.65. The van der Waals surface area contributed by atoms with Crippen molar-refractivity contribution in [2.75, 3.05) is 12.4 Å². The number of imidazole rings is 1. The zero-order valence-electron chi connectivity index (χ0n) is 13.2.